The Hall–Kier alpha value is -1.64. The lowest BCUT2D eigenvalue weighted by atomic mass is 10.00. The van der Waals surface area contributed by atoms with Crippen LogP contribution in [0.1, 0.15) is 56.5 Å². The summed E-state index contributed by atoms with van der Waals surface area (Å²) in [6, 6.07) is 20.4. The molecule has 2 N–H and O–H groups in total. The summed E-state index contributed by atoms with van der Waals surface area (Å²) in [5.41, 5.74) is 4.13. The molecule has 0 spiro atoms. The first kappa shape index (κ1) is 18.7. The lowest BCUT2D eigenvalue weighted by Gasteiger charge is -2.18. The van der Waals surface area contributed by atoms with Gasteiger partial charge in [0.1, 0.15) is 0 Å². The Morgan fingerprint density at radius 1 is 0.667 bits per heavy atom. The highest BCUT2D eigenvalue weighted by Gasteiger charge is 2.06. The Balaban J connectivity index is 1.72. The van der Waals surface area contributed by atoms with E-state index in [0.29, 0.717) is 18.0 Å². The van der Waals surface area contributed by atoms with E-state index in [-0.39, 0.29) is 0 Å². The summed E-state index contributed by atoms with van der Waals surface area (Å²) in [6.07, 6.45) is 1.16. The number of rotatable bonds is 9. The highest BCUT2D eigenvalue weighted by molar-refractivity contribution is 5.25. The maximum atomic E-state index is 3.60. The molecule has 0 saturated carbocycles. The van der Waals surface area contributed by atoms with Crippen LogP contribution in [0.2, 0.25) is 0 Å². The fourth-order valence-corrected chi connectivity index (χ4v) is 2.97. The van der Waals surface area contributed by atoms with E-state index >= 15 is 0 Å². The topological polar surface area (TPSA) is 24.1 Å². The molecule has 0 aliphatic carbocycles. The summed E-state index contributed by atoms with van der Waals surface area (Å²) < 4.78 is 0. The van der Waals surface area contributed by atoms with E-state index in [4.69, 9.17) is 0 Å². The van der Waals surface area contributed by atoms with Gasteiger partial charge in [0.05, 0.1) is 0 Å². The van der Waals surface area contributed by atoms with Crippen LogP contribution in [0.3, 0.4) is 0 Å². The van der Waals surface area contributed by atoms with Gasteiger partial charge < -0.3 is 10.6 Å². The van der Waals surface area contributed by atoms with Gasteiger partial charge in [-0.3, -0.25) is 0 Å². The molecule has 24 heavy (non-hydrogen) atoms. The summed E-state index contributed by atoms with van der Waals surface area (Å²) in [4.78, 5) is 0. The van der Waals surface area contributed by atoms with Gasteiger partial charge in [0.25, 0.3) is 0 Å². The van der Waals surface area contributed by atoms with Gasteiger partial charge in [0.15, 0.2) is 0 Å². The second kappa shape index (κ2) is 9.61. The quantitative estimate of drug-likeness (QED) is 0.642. The van der Waals surface area contributed by atoms with Crippen molar-refractivity contribution < 1.29 is 0 Å². The summed E-state index contributed by atoms with van der Waals surface area (Å²) >= 11 is 0. The van der Waals surface area contributed by atoms with E-state index in [0.717, 1.165) is 19.5 Å². The maximum Gasteiger partial charge on any atom is 0.0292 e. The van der Waals surface area contributed by atoms with E-state index in [1.54, 1.807) is 0 Å². The van der Waals surface area contributed by atoms with Crippen LogP contribution in [0.5, 0.6) is 0 Å². The van der Waals surface area contributed by atoms with Crippen molar-refractivity contribution in [2.24, 2.45) is 5.92 Å². The van der Waals surface area contributed by atoms with Crippen molar-refractivity contribution in [2.45, 2.75) is 46.2 Å². The van der Waals surface area contributed by atoms with Crippen LogP contribution >= 0.6 is 0 Å². The van der Waals surface area contributed by atoms with Crippen LogP contribution in [0.15, 0.2) is 54.6 Å². The second-order valence-electron chi connectivity index (χ2n) is 7.10. The van der Waals surface area contributed by atoms with Crippen molar-refractivity contribution in [1.29, 1.82) is 0 Å². The number of hydrogen-bond acceptors (Lipinski definition) is 2. The minimum absolute atomic E-state index is 0.381. The SMILES string of the molecule is CC(C)Cc1ccc(C(C)NCCNC(C)c2ccccc2)cc1. The number of hydrogen-bond donors (Lipinski definition) is 2. The third kappa shape index (κ3) is 6.10. The zero-order chi connectivity index (χ0) is 17.4. The molecule has 0 aromatic heterocycles. The van der Waals surface area contributed by atoms with Crippen LogP contribution in [-0.2, 0) is 6.42 Å². The number of benzene rings is 2. The molecule has 2 aromatic rings. The zero-order valence-electron chi connectivity index (χ0n) is 15.5. The maximum absolute atomic E-state index is 3.60. The lowest BCUT2D eigenvalue weighted by molar-refractivity contribution is 0.511. The van der Waals surface area contributed by atoms with E-state index in [1.807, 2.05) is 0 Å². The van der Waals surface area contributed by atoms with Gasteiger partial charge in [-0.05, 0) is 42.9 Å². The van der Waals surface area contributed by atoms with Crippen LogP contribution < -0.4 is 10.6 Å². The van der Waals surface area contributed by atoms with Gasteiger partial charge in [-0.2, -0.15) is 0 Å². The summed E-state index contributed by atoms with van der Waals surface area (Å²) in [5.74, 6) is 0.712. The molecule has 2 unspecified atom stereocenters. The monoisotopic (exact) mass is 324 g/mol. The Labute approximate surface area is 147 Å². The fourth-order valence-electron chi connectivity index (χ4n) is 2.97. The summed E-state index contributed by atoms with van der Waals surface area (Å²) in [7, 11) is 0. The molecule has 0 saturated heterocycles. The van der Waals surface area contributed by atoms with Gasteiger partial charge in [0, 0.05) is 25.2 Å². The molecule has 0 radical (unpaired) electrons. The van der Waals surface area contributed by atoms with E-state index in [9.17, 15) is 0 Å². The average molecular weight is 325 g/mol. The Kier molecular flexibility index (Phi) is 7.48. The normalized spacial score (nSPS) is 13.9. The van der Waals surface area contributed by atoms with Crippen molar-refractivity contribution in [3.63, 3.8) is 0 Å². The molecule has 2 aromatic carbocycles. The first-order valence-corrected chi connectivity index (χ1v) is 9.17. The predicted molar refractivity (Wildman–Crippen MR) is 104 cm³/mol. The van der Waals surface area contributed by atoms with Gasteiger partial charge in [-0.1, -0.05) is 68.4 Å². The molecule has 2 rings (SSSR count). The molecular formula is C22H32N2. The van der Waals surface area contributed by atoms with Gasteiger partial charge in [-0.15, -0.1) is 0 Å². The number of nitrogens with one attached hydrogen (secondary N) is 2. The van der Waals surface area contributed by atoms with Crippen LogP contribution in [0.4, 0.5) is 0 Å². The Bertz CT molecular complexity index is 575. The Morgan fingerprint density at radius 2 is 1.17 bits per heavy atom. The van der Waals surface area contributed by atoms with Crippen molar-refractivity contribution in [2.75, 3.05) is 13.1 Å². The van der Waals surface area contributed by atoms with Crippen LogP contribution in [0.25, 0.3) is 0 Å². The molecule has 0 amide bonds. The molecule has 0 fully saturated rings. The standard InChI is InChI=1S/C22H32N2/c1-17(2)16-20-10-12-22(13-11-20)19(4)24-15-14-23-18(3)21-8-6-5-7-9-21/h5-13,17-19,23-24H,14-16H2,1-4H3. The highest BCUT2D eigenvalue weighted by Crippen LogP contribution is 2.15. The second-order valence-corrected chi connectivity index (χ2v) is 7.10. The van der Waals surface area contributed by atoms with Crippen LogP contribution in [0, 0.1) is 5.92 Å². The predicted octanol–water partition coefficient (Wildman–Crippen LogP) is 4.89. The van der Waals surface area contributed by atoms with Crippen molar-refractivity contribution >= 4 is 0 Å². The third-order valence-corrected chi connectivity index (χ3v) is 4.45. The Morgan fingerprint density at radius 3 is 1.67 bits per heavy atom. The summed E-state index contributed by atoms with van der Waals surface area (Å²) in [6.45, 7) is 10.9. The molecule has 2 nitrogen and oxygen atoms in total. The smallest absolute Gasteiger partial charge is 0.0292 e. The van der Waals surface area contributed by atoms with E-state index < -0.39 is 0 Å². The largest absolute Gasteiger partial charge is 0.309 e. The van der Waals surface area contributed by atoms with Crippen LogP contribution in [-0.4, -0.2) is 13.1 Å². The lowest BCUT2D eigenvalue weighted by Crippen LogP contribution is -2.30. The molecule has 0 aliphatic rings. The van der Waals surface area contributed by atoms with Gasteiger partial charge >= 0.3 is 0 Å². The van der Waals surface area contributed by atoms with Gasteiger partial charge in [-0.25, -0.2) is 0 Å². The van der Waals surface area contributed by atoms with E-state index in [1.165, 1.54) is 16.7 Å². The first-order chi connectivity index (χ1) is 11.6. The molecule has 0 aliphatic heterocycles. The minimum atomic E-state index is 0.381. The molecule has 0 bridgehead atoms. The molecular weight excluding hydrogens is 292 g/mol. The third-order valence-electron chi connectivity index (χ3n) is 4.45. The first-order valence-electron chi connectivity index (χ1n) is 9.17. The van der Waals surface area contributed by atoms with E-state index in [2.05, 4.69) is 92.9 Å². The fraction of sp³-hybridized carbons (Fsp3) is 0.455. The van der Waals surface area contributed by atoms with Crippen molar-refractivity contribution in [1.82, 2.24) is 10.6 Å². The minimum Gasteiger partial charge on any atom is -0.309 e. The van der Waals surface area contributed by atoms with Crippen molar-refractivity contribution in [3.8, 4) is 0 Å². The zero-order valence-corrected chi connectivity index (χ0v) is 15.5. The molecule has 130 valence electrons. The van der Waals surface area contributed by atoms with Crippen molar-refractivity contribution in [3.05, 3.63) is 71.3 Å². The highest BCUT2D eigenvalue weighted by atomic mass is 15.0. The average Bonchev–Trinajstić information content (AvgIpc) is 2.59. The molecule has 2 heteroatoms. The van der Waals surface area contributed by atoms with Gasteiger partial charge in [0.2, 0.25) is 0 Å². The summed E-state index contributed by atoms with van der Waals surface area (Å²) in [5, 5.41) is 7.18. The molecule has 2 atom stereocenters. The molecule has 0 heterocycles.